The third-order valence-electron chi connectivity index (χ3n) is 4.47. The van der Waals surface area contributed by atoms with Gasteiger partial charge in [-0.15, -0.1) is 0 Å². The lowest BCUT2D eigenvalue weighted by molar-refractivity contribution is -0.386. The number of alkyl halides is 2. The molecule has 1 aliphatic rings. The first-order valence-electron chi connectivity index (χ1n) is 8.09. The molecule has 3 rings (SSSR count). The van der Waals surface area contributed by atoms with Gasteiger partial charge >= 0.3 is 5.69 Å². The number of rotatable bonds is 6. The molecular weight excluding hydrogens is 334 g/mol. The van der Waals surface area contributed by atoms with Crippen LogP contribution in [0.4, 0.5) is 14.5 Å². The monoisotopic (exact) mass is 352 g/mol. The fourth-order valence-corrected chi connectivity index (χ4v) is 3.10. The highest BCUT2D eigenvalue weighted by Gasteiger charge is 2.30. The molecule has 0 saturated heterocycles. The van der Waals surface area contributed by atoms with Gasteiger partial charge in [0.05, 0.1) is 17.6 Å². The minimum Gasteiger partial charge on any atom is -0.493 e. The quantitative estimate of drug-likeness (QED) is 0.581. The fraction of sp³-hybridized carbons (Fsp3) is 0.500. The number of nitrogens with zero attached hydrogens (tertiary/aromatic N) is 4. The van der Waals surface area contributed by atoms with Crippen LogP contribution in [0.1, 0.15) is 43.8 Å². The molecule has 134 valence electrons. The number of pyridine rings is 1. The molecule has 0 spiro atoms. The normalized spacial score (nSPS) is 20.6. The lowest BCUT2D eigenvalue weighted by atomic mass is 9.86. The summed E-state index contributed by atoms with van der Waals surface area (Å²) in [6.07, 6.45) is 4.67. The van der Waals surface area contributed by atoms with Gasteiger partial charge in [0.2, 0.25) is 5.69 Å². The maximum absolute atomic E-state index is 12.9. The van der Waals surface area contributed by atoms with Crippen molar-refractivity contribution in [3.05, 3.63) is 46.5 Å². The molecule has 0 unspecified atom stereocenters. The van der Waals surface area contributed by atoms with Gasteiger partial charge in [-0.2, -0.15) is 5.10 Å². The molecule has 1 saturated carbocycles. The van der Waals surface area contributed by atoms with Gasteiger partial charge < -0.3 is 4.74 Å². The van der Waals surface area contributed by atoms with Gasteiger partial charge in [-0.3, -0.25) is 19.8 Å². The van der Waals surface area contributed by atoms with Gasteiger partial charge in [-0.05, 0) is 43.7 Å². The van der Waals surface area contributed by atoms with Gasteiger partial charge in [0.1, 0.15) is 11.9 Å². The molecule has 1 aliphatic carbocycles. The molecule has 7 nitrogen and oxygen atoms in total. The molecule has 1 fully saturated rings. The van der Waals surface area contributed by atoms with Crippen molar-refractivity contribution in [2.75, 3.05) is 6.61 Å². The third-order valence-corrected chi connectivity index (χ3v) is 4.47. The van der Waals surface area contributed by atoms with Crippen LogP contribution in [0.3, 0.4) is 0 Å². The maximum atomic E-state index is 12.9. The summed E-state index contributed by atoms with van der Waals surface area (Å²) >= 11 is 0. The minimum absolute atomic E-state index is 0.0941. The molecule has 0 radical (unpaired) electrons. The van der Waals surface area contributed by atoms with Crippen molar-refractivity contribution >= 4 is 5.69 Å². The minimum atomic E-state index is -2.95. The number of hydrogen-bond acceptors (Lipinski definition) is 5. The van der Waals surface area contributed by atoms with Crippen LogP contribution in [0.25, 0.3) is 0 Å². The van der Waals surface area contributed by atoms with E-state index in [-0.39, 0.29) is 6.04 Å². The van der Waals surface area contributed by atoms with E-state index in [1.165, 1.54) is 4.68 Å². The van der Waals surface area contributed by atoms with Crippen LogP contribution in [0, 0.1) is 16.0 Å². The van der Waals surface area contributed by atoms with E-state index >= 15 is 0 Å². The van der Waals surface area contributed by atoms with Gasteiger partial charge in [0.15, 0.2) is 0 Å². The van der Waals surface area contributed by atoms with Crippen LogP contribution in [-0.2, 0) is 0 Å². The first kappa shape index (κ1) is 17.2. The zero-order chi connectivity index (χ0) is 17.8. The summed E-state index contributed by atoms with van der Waals surface area (Å²) < 4.78 is 32.8. The van der Waals surface area contributed by atoms with Gasteiger partial charge in [-0.1, -0.05) is 0 Å². The summed E-state index contributed by atoms with van der Waals surface area (Å²) in [5, 5.41) is 14.7. The molecule has 0 amide bonds. The van der Waals surface area contributed by atoms with Crippen molar-refractivity contribution in [2.45, 2.75) is 38.2 Å². The molecular formula is C16H18F2N4O3. The summed E-state index contributed by atoms with van der Waals surface area (Å²) in [5.41, 5.74) is -1.37. The Balaban J connectivity index is 1.57. The van der Waals surface area contributed by atoms with Crippen LogP contribution in [0.2, 0.25) is 0 Å². The Bertz CT molecular complexity index is 715. The van der Waals surface area contributed by atoms with Crippen molar-refractivity contribution in [3.63, 3.8) is 0 Å². The highest BCUT2D eigenvalue weighted by molar-refractivity contribution is 5.33. The van der Waals surface area contributed by atoms with E-state index in [1.54, 1.807) is 24.5 Å². The maximum Gasteiger partial charge on any atom is 0.316 e. The second kappa shape index (κ2) is 7.54. The second-order valence-corrected chi connectivity index (χ2v) is 6.11. The van der Waals surface area contributed by atoms with Crippen molar-refractivity contribution < 1.29 is 18.4 Å². The van der Waals surface area contributed by atoms with Crippen LogP contribution in [-0.4, -0.2) is 26.3 Å². The number of aromatic nitrogens is 3. The Morgan fingerprint density at radius 3 is 2.52 bits per heavy atom. The lowest BCUT2D eigenvalue weighted by Crippen LogP contribution is -2.22. The zero-order valence-electron chi connectivity index (χ0n) is 13.4. The van der Waals surface area contributed by atoms with E-state index in [0.717, 1.165) is 37.6 Å². The summed E-state index contributed by atoms with van der Waals surface area (Å²) in [7, 11) is 0. The molecule has 9 heteroatoms. The van der Waals surface area contributed by atoms with Crippen molar-refractivity contribution in [2.24, 2.45) is 5.92 Å². The number of halogens is 2. The summed E-state index contributed by atoms with van der Waals surface area (Å²) in [4.78, 5) is 14.0. The summed E-state index contributed by atoms with van der Waals surface area (Å²) in [5.74, 6) is 1.13. The molecule has 0 bridgehead atoms. The van der Waals surface area contributed by atoms with E-state index in [0.29, 0.717) is 12.5 Å². The van der Waals surface area contributed by atoms with Crippen LogP contribution >= 0.6 is 0 Å². The number of hydrogen-bond donors (Lipinski definition) is 0. The van der Waals surface area contributed by atoms with E-state index in [9.17, 15) is 18.9 Å². The highest BCUT2D eigenvalue weighted by atomic mass is 19.3. The summed E-state index contributed by atoms with van der Waals surface area (Å²) in [6, 6.07) is 3.49. The molecule has 0 aromatic carbocycles. The lowest BCUT2D eigenvalue weighted by Gasteiger charge is -2.28. The number of nitro groups is 1. The average Bonchev–Trinajstić information content (AvgIpc) is 3.07. The smallest absolute Gasteiger partial charge is 0.316 e. The first-order valence-corrected chi connectivity index (χ1v) is 8.09. The average molecular weight is 352 g/mol. The van der Waals surface area contributed by atoms with E-state index in [1.807, 2.05) is 0 Å². The van der Waals surface area contributed by atoms with E-state index in [2.05, 4.69) is 10.1 Å². The van der Waals surface area contributed by atoms with Crippen LogP contribution in [0.5, 0.6) is 5.75 Å². The Hall–Kier alpha value is -2.58. The van der Waals surface area contributed by atoms with Crippen LogP contribution in [0.15, 0.2) is 30.7 Å². The van der Waals surface area contributed by atoms with Crippen molar-refractivity contribution in [1.29, 1.82) is 0 Å². The van der Waals surface area contributed by atoms with Crippen molar-refractivity contribution in [3.8, 4) is 5.75 Å². The zero-order valence-corrected chi connectivity index (χ0v) is 13.4. The Kier molecular flexibility index (Phi) is 5.20. The van der Waals surface area contributed by atoms with E-state index in [4.69, 9.17) is 4.74 Å². The number of ether oxygens (including phenoxy) is 1. The molecule has 2 aromatic rings. The third kappa shape index (κ3) is 4.09. The predicted molar refractivity (Wildman–Crippen MR) is 84.6 cm³/mol. The van der Waals surface area contributed by atoms with Crippen LogP contribution < -0.4 is 4.74 Å². The van der Waals surface area contributed by atoms with Gasteiger partial charge in [0.25, 0.3) is 6.43 Å². The molecule has 0 N–H and O–H groups in total. The standard InChI is InChI=1S/C16H18F2N4O3/c17-16(18)15-14(22(23)24)9-21(20-15)12-3-1-11(2-4-12)10-25-13-5-7-19-8-6-13/h5-9,11-12,16H,1-4,10H2. The first-order chi connectivity index (χ1) is 12.0. The van der Waals surface area contributed by atoms with Crippen molar-refractivity contribution in [1.82, 2.24) is 14.8 Å². The molecule has 0 aliphatic heterocycles. The highest BCUT2D eigenvalue weighted by Crippen LogP contribution is 2.35. The molecule has 0 atom stereocenters. The fourth-order valence-electron chi connectivity index (χ4n) is 3.10. The van der Waals surface area contributed by atoms with Gasteiger partial charge in [0, 0.05) is 12.4 Å². The Morgan fingerprint density at radius 1 is 1.28 bits per heavy atom. The summed E-state index contributed by atoms with van der Waals surface area (Å²) in [6.45, 7) is 0.582. The molecule has 2 aromatic heterocycles. The predicted octanol–water partition coefficient (Wildman–Crippen LogP) is 3.93. The SMILES string of the molecule is O=[N+]([O-])c1cn(C2CCC(COc3ccncc3)CC2)nc1C(F)F. The topological polar surface area (TPSA) is 83.1 Å². The second-order valence-electron chi connectivity index (χ2n) is 6.11. The van der Waals surface area contributed by atoms with E-state index < -0.39 is 22.7 Å². The Morgan fingerprint density at radius 2 is 1.96 bits per heavy atom. The largest absolute Gasteiger partial charge is 0.493 e. The van der Waals surface area contributed by atoms with Gasteiger partial charge in [-0.25, -0.2) is 8.78 Å². The molecule has 2 heterocycles. The molecule has 25 heavy (non-hydrogen) atoms. The Labute approximate surface area is 142 Å².